The minimum absolute atomic E-state index is 0.243. The molecule has 0 unspecified atom stereocenters. The third kappa shape index (κ3) is 4.97. The molecular weight excluding hydrogens is 434 g/mol. The second-order valence-electron chi connectivity index (χ2n) is 7.47. The number of pyridine rings is 1. The van der Waals surface area contributed by atoms with Gasteiger partial charge in [-0.3, -0.25) is 4.79 Å². The average molecular weight is 456 g/mol. The van der Waals surface area contributed by atoms with Gasteiger partial charge in [-0.15, -0.1) is 0 Å². The average Bonchev–Trinajstić information content (AvgIpc) is 2.86. The summed E-state index contributed by atoms with van der Waals surface area (Å²) in [6.45, 7) is 0.357. The number of hydrogen-bond acceptors (Lipinski definition) is 3. The molecule has 4 nitrogen and oxygen atoms in total. The molecule has 0 saturated heterocycles. The Balaban J connectivity index is 1.94. The first-order chi connectivity index (χ1) is 16.1. The maximum absolute atomic E-state index is 13.7. The SMILES string of the molecule is COC(=O)c1ccccc1-c1c(/C=C/c2ccccc2)c(Cl)cn(Cc2ccccc2)c1=O. The second kappa shape index (κ2) is 10.2. The molecule has 0 radical (unpaired) electrons. The molecule has 4 rings (SSSR count). The number of carbonyl (C=O) groups is 1. The fourth-order valence-electron chi connectivity index (χ4n) is 3.70. The van der Waals surface area contributed by atoms with E-state index in [1.54, 1.807) is 35.0 Å². The lowest BCUT2D eigenvalue weighted by molar-refractivity contribution is 0.0601. The first-order valence-corrected chi connectivity index (χ1v) is 10.8. The van der Waals surface area contributed by atoms with Gasteiger partial charge in [-0.1, -0.05) is 103 Å². The summed E-state index contributed by atoms with van der Waals surface area (Å²) >= 11 is 6.73. The fraction of sp³-hybridized carbons (Fsp3) is 0.0714. The number of halogens is 1. The molecule has 3 aromatic carbocycles. The molecule has 0 N–H and O–H groups in total. The fourth-order valence-corrected chi connectivity index (χ4v) is 3.97. The Morgan fingerprint density at radius 2 is 1.55 bits per heavy atom. The molecular formula is C28H22ClNO3. The second-order valence-corrected chi connectivity index (χ2v) is 7.87. The van der Waals surface area contributed by atoms with Crippen molar-refractivity contribution in [2.45, 2.75) is 6.54 Å². The van der Waals surface area contributed by atoms with E-state index in [4.69, 9.17) is 16.3 Å². The van der Waals surface area contributed by atoms with Crippen molar-refractivity contribution in [3.05, 3.63) is 129 Å². The maximum atomic E-state index is 13.7. The van der Waals surface area contributed by atoms with Crippen LogP contribution in [0, 0.1) is 0 Å². The highest BCUT2D eigenvalue weighted by atomic mass is 35.5. The van der Waals surface area contributed by atoms with Gasteiger partial charge in [0.05, 0.1) is 29.8 Å². The van der Waals surface area contributed by atoms with Crippen LogP contribution in [-0.2, 0) is 11.3 Å². The first-order valence-electron chi connectivity index (χ1n) is 10.5. The van der Waals surface area contributed by atoms with Crippen molar-refractivity contribution >= 4 is 29.7 Å². The van der Waals surface area contributed by atoms with Crippen LogP contribution >= 0.6 is 11.6 Å². The molecule has 0 saturated carbocycles. The number of methoxy groups -OCH3 is 1. The van der Waals surface area contributed by atoms with Gasteiger partial charge >= 0.3 is 5.97 Å². The summed E-state index contributed by atoms with van der Waals surface area (Å²) in [4.78, 5) is 26.2. The van der Waals surface area contributed by atoms with E-state index < -0.39 is 5.97 Å². The van der Waals surface area contributed by atoms with Crippen LogP contribution in [0.3, 0.4) is 0 Å². The number of rotatable bonds is 6. The molecule has 0 aliphatic carbocycles. The highest BCUT2D eigenvalue weighted by molar-refractivity contribution is 6.32. The highest BCUT2D eigenvalue weighted by Gasteiger charge is 2.21. The van der Waals surface area contributed by atoms with Gasteiger partial charge in [-0.2, -0.15) is 0 Å². The summed E-state index contributed by atoms with van der Waals surface area (Å²) < 4.78 is 6.54. The predicted octanol–water partition coefficient (Wildman–Crippen LogP) is 6.17. The molecule has 1 aromatic heterocycles. The van der Waals surface area contributed by atoms with Gasteiger partial charge in [-0.25, -0.2) is 4.79 Å². The summed E-state index contributed by atoms with van der Waals surface area (Å²) in [6.07, 6.45) is 5.35. The van der Waals surface area contributed by atoms with E-state index in [1.165, 1.54) is 7.11 Å². The number of ether oxygens (including phenoxy) is 1. The van der Waals surface area contributed by atoms with Crippen molar-refractivity contribution < 1.29 is 9.53 Å². The molecule has 4 aromatic rings. The molecule has 5 heteroatoms. The maximum Gasteiger partial charge on any atom is 0.338 e. The molecule has 0 spiro atoms. The number of nitrogens with zero attached hydrogens (tertiary/aromatic N) is 1. The molecule has 0 amide bonds. The van der Waals surface area contributed by atoms with Crippen molar-refractivity contribution in [2.75, 3.05) is 7.11 Å². The van der Waals surface area contributed by atoms with Gasteiger partial charge in [0.2, 0.25) is 0 Å². The summed E-state index contributed by atoms with van der Waals surface area (Å²) in [5, 5.41) is 0.410. The van der Waals surface area contributed by atoms with Crippen LogP contribution in [0.15, 0.2) is 95.9 Å². The quantitative estimate of drug-likeness (QED) is 0.326. The Morgan fingerprint density at radius 1 is 0.909 bits per heavy atom. The van der Waals surface area contributed by atoms with Gasteiger partial charge in [0.25, 0.3) is 5.56 Å². The van der Waals surface area contributed by atoms with E-state index >= 15 is 0 Å². The van der Waals surface area contributed by atoms with Crippen molar-refractivity contribution in [1.29, 1.82) is 0 Å². The van der Waals surface area contributed by atoms with E-state index in [2.05, 4.69) is 0 Å². The van der Waals surface area contributed by atoms with E-state index in [0.29, 0.717) is 33.8 Å². The minimum atomic E-state index is -0.516. The zero-order chi connectivity index (χ0) is 23.2. The van der Waals surface area contributed by atoms with Crippen LogP contribution in [0.25, 0.3) is 23.3 Å². The van der Waals surface area contributed by atoms with Crippen molar-refractivity contribution in [2.24, 2.45) is 0 Å². The Hall–Kier alpha value is -3.89. The summed E-state index contributed by atoms with van der Waals surface area (Å²) in [5.74, 6) is -0.516. The van der Waals surface area contributed by atoms with E-state index in [1.807, 2.05) is 72.8 Å². The summed E-state index contributed by atoms with van der Waals surface area (Å²) in [6, 6.07) is 26.3. The number of hydrogen-bond donors (Lipinski definition) is 0. The van der Waals surface area contributed by atoms with E-state index in [-0.39, 0.29) is 5.56 Å². The largest absolute Gasteiger partial charge is 0.465 e. The van der Waals surface area contributed by atoms with Gasteiger partial charge in [0.1, 0.15) is 0 Å². The third-order valence-corrected chi connectivity index (χ3v) is 5.61. The molecule has 0 bridgehead atoms. The van der Waals surface area contributed by atoms with Gasteiger partial charge in [0, 0.05) is 17.3 Å². The lowest BCUT2D eigenvalue weighted by atomic mass is 9.95. The molecule has 164 valence electrons. The lowest BCUT2D eigenvalue weighted by Gasteiger charge is -2.15. The Bertz CT molecular complexity index is 1360. The standard InChI is InChI=1S/C28H22ClNO3/c1-33-28(32)23-15-9-8-14-22(23)26-24(17-16-20-10-4-2-5-11-20)25(29)19-30(27(26)31)18-21-12-6-3-7-13-21/h2-17,19H,18H2,1H3/b17-16+. The minimum Gasteiger partial charge on any atom is -0.465 e. The number of esters is 1. The van der Waals surface area contributed by atoms with Crippen LogP contribution < -0.4 is 5.56 Å². The normalized spacial score (nSPS) is 11.0. The van der Waals surface area contributed by atoms with Crippen molar-refractivity contribution in [3.63, 3.8) is 0 Å². The summed E-state index contributed by atoms with van der Waals surface area (Å²) in [7, 11) is 1.32. The van der Waals surface area contributed by atoms with Gasteiger partial charge in [0.15, 0.2) is 0 Å². The van der Waals surface area contributed by atoms with Crippen molar-refractivity contribution in [3.8, 4) is 11.1 Å². The van der Waals surface area contributed by atoms with Crippen molar-refractivity contribution in [1.82, 2.24) is 4.57 Å². The molecule has 0 atom stereocenters. The predicted molar refractivity (Wildman–Crippen MR) is 133 cm³/mol. The monoisotopic (exact) mass is 455 g/mol. The third-order valence-electron chi connectivity index (χ3n) is 5.31. The Morgan fingerprint density at radius 3 is 2.24 bits per heavy atom. The molecule has 1 heterocycles. The number of benzene rings is 3. The zero-order valence-corrected chi connectivity index (χ0v) is 18.8. The number of aromatic nitrogens is 1. The topological polar surface area (TPSA) is 48.3 Å². The smallest absolute Gasteiger partial charge is 0.338 e. The Kier molecular flexibility index (Phi) is 6.86. The summed E-state index contributed by atoms with van der Waals surface area (Å²) in [5.41, 5.74) is 3.38. The van der Waals surface area contributed by atoms with Crippen LogP contribution in [-0.4, -0.2) is 17.6 Å². The first kappa shape index (κ1) is 22.3. The lowest BCUT2D eigenvalue weighted by Crippen LogP contribution is -2.24. The highest BCUT2D eigenvalue weighted by Crippen LogP contribution is 2.31. The number of carbonyl (C=O) groups excluding carboxylic acids is 1. The Labute approximate surface area is 197 Å². The van der Waals surface area contributed by atoms with Gasteiger partial charge < -0.3 is 9.30 Å². The van der Waals surface area contributed by atoms with Crippen LogP contribution in [0.5, 0.6) is 0 Å². The zero-order valence-electron chi connectivity index (χ0n) is 18.1. The van der Waals surface area contributed by atoms with Crippen LogP contribution in [0.1, 0.15) is 27.0 Å². The molecule has 0 fully saturated rings. The van der Waals surface area contributed by atoms with E-state index in [0.717, 1.165) is 11.1 Å². The van der Waals surface area contributed by atoms with Crippen LogP contribution in [0.2, 0.25) is 5.02 Å². The van der Waals surface area contributed by atoms with Crippen LogP contribution in [0.4, 0.5) is 0 Å². The van der Waals surface area contributed by atoms with E-state index in [9.17, 15) is 9.59 Å². The molecule has 33 heavy (non-hydrogen) atoms. The van der Waals surface area contributed by atoms with Gasteiger partial charge in [-0.05, 0) is 17.2 Å². The molecule has 0 aliphatic rings. The molecule has 0 aliphatic heterocycles.